The van der Waals surface area contributed by atoms with E-state index in [-0.39, 0.29) is 0 Å². The van der Waals surface area contributed by atoms with Gasteiger partial charge in [0.25, 0.3) is 0 Å². The smallest absolute Gasteiger partial charge is 0.0252 e. The molecule has 2 rings (SSSR count). The predicted molar refractivity (Wildman–Crippen MR) is 60.3 cm³/mol. The van der Waals surface area contributed by atoms with E-state index in [4.69, 9.17) is 0 Å². The molecular formula is C11H19NS. The van der Waals surface area contributed by atoms with Crippen LogP contribution in [-0.2, 0) is 0 Å². The molecule has 2 heteroatoms. The van der Waals surface area contributed by atoms with E-state index < -0.39 is 0 Å². The molecule has 0 aromatic carbocycles. The third-order valence-electron chi connectivity index (χ3n) is 2.93. The summed E-state index contributed by atoms with van der Waals surface area (Å²) in [6.45, 7) is 0. The summed E-state index contributed by atoms with van der Waals surface area (Å²) in [5.41, 5.74) is 0. The van der Waals surface area contributed by atoms with Gasteiger partial charge in [-0.15, -0.1) is 0 Å². The van der Waals surface area contributed by atoms with Gasteiger partial charge in [0, 0.05) is 12.1 Å². The number of hydrogen-bond donors (Lipinski definition) is 1. The molecule has 2 aliphatic rings. The fourth-order valence-electron chi connectivity index (χ4n) is 2.12. The molecule has 1 fully saturated rings. The van der Waals surface area contributed by atoms with Crippen molar-refractivity contribution in [2.24, 2.45) is 0 Å². The van der Waals surface area contributed by atoms with E-state index in [2.05, 4.69) is 29.2 Å². The van der Waals surface area contributed by atoms with Crippen LogP contribution in [0.4, 0.5) is 0 Å². The molecule has 0 bridgehead atoms. The quantitative estimate of drug-likeness (QED) is 0.683. The van der Waals surface area contributed by atoms with Gasteiger partial charge in [0.05, 0.1) is 0 Å². The maximum absolute atomic E-state index is 3.76. The summed E-state index contributed by atoms with van der Waals surface area (Å²) >= 11 is 2.10. The third kappa shape index (κ3) is 3.03. The van der Waals surface area contributed by atoms with Gasteiger partial charge in [-0.3, -0.25) is 0 Å². The number of allylic oxidation sites excluding steroid dienone is 1. The van der Waals surface area contributed by atoms with Gasteiger partial charge in [0.2, 0.25) is 0 Å². The first kappa shape index (κ1) is 9.60. The van der Waals surface area contributed by atoms with Crippen molar-refractivity contribution in [2.75, 3.05) is 11.5 Å². The minimum atomic E-state index is 0.682. The van der Waals surface area contributed by atoms with Gasteiger partial charge >= 0.3 is 0 Å². The van der Waals surface area contributed by atoms with Crippen LogP contribution in [0, 0.1) is 0 Å². The van der Waals surface area contributed by atoms with Crippen LogP contribution in [0.1, 0.15) is 32.1 Å². The fraction of sp³-hybridized carbons (Fsp3) is 0.818. The molecule has 0 radical (unpaired) electrons. The largest absolute Gasteiger partial charge is 0.308 e. The van der Waals surface area contributed by atoms with Crippen molar-refractivity contribution in [3.8, 4) is 0 Å². The molecule has 74 valence electrons. The van der Waals surface area contributed by atoms with Crippen molar-refractivity contribution in [2.45, 2.75) is 44.2 Å². The molecule has 1 N–H and O–H groups in total. The lowest BCUT2D eigenvalue weighted by molar-refractivity contribution is 0.418. The van der Waals surface area contributed by atoms with Crippen molar-refractivity contribution >= 4 is 11.8 Å². The fourth-order valence-corrected chi connectivity index (χ4v) is 3.22. The predicted octanol–water partition coefficient (Wildman–Crippen LogP) is 2.58. The van der Waals surface area contributed by atoms with Gasteiger partial charge in [-0.1, -0.05) is 12.2 Å². The van der Waals surface area contributed by atoms with E-state index in [0.717, 1.165) is 6.04 Å². The summed E-state index contributed by atoms with van der Waals surface area (Å²) in [5.74, 6) is 2.71. The van der Waals surface area contributed by atoms with Gasteiger partial charge in [-0.05, 0) is 43.6 Å². The molecule has 1 aliphatic heterocycles. The Morgan fingerprint density at radius 2 is 2.00 bits per heavy atom. The molecule has 0 amide bonds. The minimum absolute atomic E-state index is 0.682. The molecule has 0 aromatic rings. The Balaban J connectivity index is 1.75. The summed E-state index contributed by atoms with van der Waals surface area (Å²) < 4.78 is 0. The zero-order chi connectivity index (χ0) is 8.93. The first-order chi connectivity index (χ1) is 6.45. The van der Waals surface area contributed by atoms with Crippen LogP contribution in [-0.4, -0.2) is 23.6 Å². The highest BCUT2D eigenvalue weighted by Gasteiger charge is 2.17. The maximum atomic E-state index is 3.76. The average Bonchev–Trinajstić information content (AvgIpc) is 2.21. The second-order valence-corrected chi connectivity index (χ2v) is 5.24. The van der Waals surface area contributed by atoms with Crippen molar-refractivity contribution in [3.05, 3.63) is 12.2 Å². The highest BCUT2D eigenvalue weighted by molar-refractivity contribution is 7.99. The highest BCUT2D eigenvalue weighted by atomic mass is 32.2. The van der Waals surface area contributed by atoms with E-state index >= 15 is 0 Å². The lowest BCUT2D eigenvalue weighted by atomic mass is 10.0. The Hall–Kier alpha value is 0.0500. The molecule has 13 heavy (non-hydrogen) atoms. The van der Waals surface area contributed by atoms with Crippen LogP contribution in [0.25, 0.3) is 0 Å². The van der Waals surface area contributed by atoms with Gasteiger partial charge in [-0.2, -0.15) is 11.8 Å². The first-order valence-corrected chi connectivity index (χ1v) is 6.61. The zero-order valence-electron chi connectivity index (χ0n) is 8.17. The standard InChI is InChI=1S/C11H19NS/c1-2-4-10(5-3-1)12-11-6-8-13-9-7-11/h2,4,10-12H,1,3,5-9H2. The molecule has 0 spiro atoms. The summed E-state index contributed by atoms with van der Waals surface area (Å²) in [5, 5.41) is 3.76. The van der Waals surface area contributed by atoms with Crippen molar-refractivity contribution in [1.29, 1.82) is 0 Å². The van der Waals surface area contributed by atoms with Crippen molar-refractivity contribution in [3.63, 3.8) is 0 Å². The monoisotopic (exact) mass is 197 g/mol. The highest BCUT2D eigenvalue weighted by Crippen LogP contribution is 2.19. The SMILES string of the molecule is C1=CC(NC2CCSCC2)CCC1. The number of thioether (sulfide) groups is 1. The molecular weight excluding hydrogens is 178 g/mol. The van der Waals surface area contributed by atoms with Crippen LogP contribution in [0.5, 0.6) is 0 Å². The second-order valence-electron chi connectivity index (χ2n) is 4.02. The summed E-state index contributed by atoms with van der Waals surface area (Å²) in [4.78, 5) is 0. The second kappa shape index (κ2) is 5.06. The van der Waals surface area contributed by atoms with Crippen LogP contribution in [0.2, 0.25) is 0 Å². The Morgan fingerprint density at radius 3 is 2.69 bits per heavy atom. The average molecular weight is 197 g/mol. The van der Waals surface area contributed by atoms with Gasteiger partial charge in [0.1, 0.15) is 0 Å². The third-order valence-corrected chi connectivity index (χ3v) is 3.97. The van der Waals surface area contributed by atoms with E-state index in [9.17, 15) is 0 Å². The van der Waals surface area contributed by atoms with Crippen LogP contribution in [0.15, 0.2) is 12.2 Å². The minimum Gasteiger partial charge on any atom is -0.308 e. The van der Waals surface area contributed by atoms with Gasteiger partial charge < -0.3 is 5.32 Å². The van der Waals surface area contributed by atoms with Crippen LogP contribution >= 0.6 is 11.8 Å². The van der Waals surface area contributed by atoms with Gasteiger partial charge in [-0.25, -0.2) is 0 Å². The molecule has 1 heterocycles. The number of hydrogen-bond acceptors (Lipinski definition) is 2. The molecule has 1 atom stereocenters. The van der Waals surface area contributed by atoms with E-state index in [1.165, 1.54) is 43.6 Å². The summed E-state index contributed by atoms with van der Waals surface area (Å²) in [7, 11) is 0. The molecule has 1 nitrogen and oxygen atoms in total. The van der Waals surface area contributed by atoms with Gasteiger partial charge in [0.15, 0.2) is 0 Å². The summed E-state index contributed by atoms with van der Waals surface area (Å²) in [6.07, 6.45) is 11.4. The lowest BCUT2D eigenvalue weighted by Crippen LogP contribution is -2.39. The first-order valence-electron chi connectivity index (χ1n) is 5.45. The van der Waals surface area contributed by atoms with E-state index in [1.807, 2.05) is 0 Å². The maximum Gasteiger partial charge on any atom is 0.0252 e. The number of nitrogens with one attached hydrogen (secondary N) is 1. The molecule has 1 aliphatic carbocycles. The van der Waals surface area contributed by atoms with E-state index in [0.29, 0.717) is 6.04 Å². The summed E-state index contributed by atoms with van der Waals surface area (Å²) in [6, 6.07) is 1.48. The molecule has 0 saturated carbocycles. The Kier molecular flexibility index (Phi) is 3.74. The molecule has 0 aromatic heterocycles. The van der Waals surface area contributed by atoms with E-state index in [1.54, 1.807) is 0 Å². The normalized spacial score (nSPS) is 30.6. The van der Waals surface area contributed by atoms with Crippen LogP contribution < -0.4 is 5.32 Å². The molecule has 1 saturated heterocycles. The van der Waals surface area contributed by atoms with Crippen molar-refractivity contribution in [1.82, 2.24) is 5.32 Å². The lowest BCUT2D eigenvalue weighted by Gasteiger charge is -2.28. The Morgan fingerprint density at radius 1 is 1.15 bits per heavy atom. The topological polar surface area (TPSA) is 12.0 Å². The van der Waals surface area contributed by atoms with Crippen LogP contribution in [0.3, 0.4) is 0 Å². The molecule has 1 unspecified atom stereocenters. The zero-order valence-corrected chi connectivity index (χ0v) is 8.98. The Bertz CT molecular complexity index is 173. The number of rotatable bonds is 2. The van der Waals surface area contributed by atoms with Crippen molar-refractivity contribution < 1.29 is 0 Å². The Labute approximate surface area is 85.4 Å².